The van der Waals surface area contributed by atoms with Gasteiger partial charge < -0.3 is 14.6 Å². The number of ether oxygens (including phenoxy) is 1. The number of rotatable bonds is 5. The van der Waals surface area contributed by atoms with Crippen LogP contribution in [0.3, 0.4) is 0 Å². The number of carbonyl (C=O) groups is 1. The predicted octanol–water partition coefficient (Wildman–Crippen LogP) is 2.98. The van der Waals surface area contributed by atoms with Gasteiger partial charge in [0, 0.05) is 38.3 Å². The fraction of sp³-hybridized carbons (Fsp3) is 0.348. The molecule has 0 saturated carbocycles. The third-order valence-electron chi connectivity index (χ3n) is 6.17. The van der Waals surface area contributed by atoms with Gasteiger partial charge in [-0.05, 0) is 47.7 Å². The molecule has 3 aromatic rings. The van der Waals surface area contributed by atoms with Gasteiger partial charge in [-0.15, -0.1) is 10.2 Å². The van der Waals surface area contributed by atoms with Crippen molar-refractivity contribution in [1.82, 2.24) is 19.7 Å². The molecule has 0 unspecified atom stereocenters. The molecular formula is C23H24FN5O2. The minimum absolute atomic E-state index is 0.281. The van der Waals surface area contributed by atoms with Crippen molar-refractivity contribution in [2.45, 2.75) is 19.5 Å². The molecule has 1 aromatic heterocycles. The van der Waals surface area contributed by atoms with E-state index >= 15 is 0 Å². The van der Waals surface area contributed by atoms with Crippen molar-refractivity contribution in [3.63, 3.8) is 0 Å². The van der Waals surface area contributed by atoms with E-state index in [4.69, 9.17) is 4.74 Å². The minimum atomic E-state index is -0.397. The zero-order valence-electron chi connectivity index (χ0n) is 17.3. The summed E-state index contributed by atoms with van der Waals surface area (Å²) in [6.45, 7) is 3.55. The Kier molecular flexibility index (Phi) is 5.15. The Bertz CT molecular complexity index is 1110. The van der Waals surface area contributed by atoms with Gasteiger partial charge in [0.15, 0.2) is 0 Å². The maximum Gasteiger partial charge on any atom is 0.293 e. The predicted molar refractivity (Wildman–Crippen MR) is 113 cm³/mol. The van der Waals surface area contributed by atoms with Crippen LogP contribution in [0.1, 0.15) is 22.0 Å². The molecule has 8 heteroatoms. The van der Waals surface area contributed by atoms with E-state index in [1.54, 1.807) is 19.2 Å². The third-order valence-corrected chi connectivity index (χ3v) is 6.17. The van der Waals surface area contributed by atoms with Crippen molar-refractivity contribution < 1.29 is 13.9 Å². The van der Waals surface area contributed by atoms with E-state index in [-0.39, 0.29) is 11.7 Å². The molecule has 5 rings (SSSR count). The summed E-state index contributed by atoms with van der Waals surface area (Å²) >= 11 is 0. The fourth-order valence-electron chi connectivity index (χ4n) is 4.70. The van der Waals surface area contributed by atoms with Crippen LogP contribution in [0.4, 0.5) is 10.1 Å². The van der Waals surface area contributed by atoms with Crippen molar-refractivity contribution in [2.75, 3.05) is 25.5 Å². The van der Waals surface area contributed by atoms with E-state index in [2.05, 4.69) is 32.5 Å². The number of benzene rings is 2. The summed E-state index contributed by atoms with van der Waals surface area (Å²) in [4.78, 5) is 15.2. The van der Waals surface area contributed by atoms with Crippen molar-refractivity contribution in [1.29, 1.82) is 0 Å². The second-order valence-electron chi connectivity index (χ2n) is 8.28. The summed E-state index contributed by atoms with van der Waals surface area (Å²) in [6.07, 6.45) is 0.805. The largest absolute Gasteiger partial charge is 0.497 e. The Labute approximate surface area is 179 Å². The van der Waals surface area contributed by atoms with Crippen LogP contribution in [0.15, 0.2) is 48.5 Å². The number of anilines is 1. The monoisotopic (exact) mass is 421 g/mol. The average molecular weight is 421 g/mol. The third kappa shape index (κ3) is 4.03. The molecule has 31 heavy (non-hydrogen) atoms. The second-order valence-corrected chi connectivity index (χ2v) is 8.28. The second kappa shape index (κ2) is 8.11. The summed E-state index contributed by atoms with van der Waals surface area (Å²) in [6, 6.07) is 14.0. The SMILES string of the molecule is COc1cccc(CN2C[C@H]3Cc4nnc(C(=O)Nc5cccc(F)c5)n4C[C@H]3C2)c1. The van der Waals surface area contributed by atoms with Crippen LogP contribution in [0.5, 0.6) is 5.75 Å². The van der Waals surface area contributed by atoms with Crippen molar-refractivity contribution in [3.05, 3.63) is 71.6 Å². The Morgan fingerprint density at radius 1 is 1.13 bits per heavy atom. The number of hydrogen-bond donors (Lipinski definition) is 1. The Balaban J connectivity index is 1.27. The average Bonchev–Trinajstić information content (AvgIpc) is 3.34. The summed E-state index contributed by atoms with van der Waals surface area (Å²) in [7, 11) is 1.68. The molecule has 160 valence electrons. The summed E-state index contributed by atoms with van der Waals surface area (Å²) in [5.74, 6) is 2.17. The van der Waals surface area contributed by atoms with Gasteiger partial charge in [-0.25, -0.2) is 4.39 Å². The smallest absolute Gasteiger partial charge is 0.293 e. The first kappa shape index (κ1) is 19.7. The van der Waals surface area contributed by atoms with Gasteiger partial charge >= 0.3 is 0 Å². The summed E-state index contributed by atoms with van der Waals surface area (Å²) in [5, 5.41) is 11.1. The summed E-state index contributed by atoms with van der Waals surface area (Å²) < 4.78 is 20.7. The first-order valence-corrected chi connectivity index (χ1v) is 10.4. The highest BCUT2D eigenvalue weighted by molar-refractivity contribution is 6.01. The molecule has 1 saturated heterocycles. The van der Waals surface area contributed by atoms with E-state index in [9.17, 15) is 9.18 Å². The molecule has 2 atom stereocenters. The van der Waals surface area contributed by atoms with Crippen molar-refractivity contribution >= 4 is 11.6 Å². The van der Waals surface area contributed by atoms with E-state index in [1.165, 1.54) is 17.7 Å². The standard InChI is InChI=1S/C23H24FN5O2/c1-31-20-7-2-4-15(8-20)11-28-12-16-9-21-26-27-22(29(21)14-17(16)13-28)23(30)25-19-6-3-5-18(24)10-19/h2-8,10,16-17H,9,11-14H2,1H3,(H,25,30)/t16-,17-/m1/s1. The van der Waals surface area contributed by atoms with E-state index in [1.807, 2.05) is 16.7 Å². The van der Waals surface area contributed by atoms with E-state index < -0.39 is 5.82 Å². The molecule has 2 aromatic carbocycles. The molecule has 1 fully saturated rings. The number of hydrogen-bond acceptors (Lipinski definition) is 5. The highest BCUT2D eigenvalue weighted by Crippen LogP contribution is 2.33. The molecule has 1 N–H and O–H groups in total. The Morgan fingerprint density at radius 2 is 1.97 bits per heavy atom. The van der Waals surface area contributed by atoms with Crippen LogP contribution in [0.2, 0.25) is 0 Å². The van der Waals surface area contributed by atoms with Crippen LogP contribution in [-0.4, -0.2) is 45.8 Å². The molecule has 0 spiro atoms. The molecule has 0 aliphatic carbocycles. The lowest BCUT2D eigenvalue weighted by Gasteiger charge is -2.25. The van der Waals surface area contributed by atoms with Gasteiger partial charge in [0.2, 0.25) is 5.82 Å². The van der Waals surface area contributed by atoms with E-state index in [0.717, 1.165) is 37.6 Å². The first-order valence-electron chi connectivity index (χ1n) is 10.4. The van der Waals surface area contributed by atoms with Gasteiger partial charge in [0.1, 0.15) is 17.4 Å². The molecule has 0 radical (unpaired) electrons. The molecule has 1 amide bonds. The number of likely N-dealkylation sites (tertiary alicyclic amines) is 1. The topological polar surface area (TPSA) is 72.3 Å². The van der Waals surface area contributed by atoms with Crippen LogP contribution in [0.25, 0.3) is 0 Å². The molecular weight excluding hydrogens is 397 g/mol. The molecule has 0 bridgehead atoms. The van der Waals surface area contributed by atoms with Crippen molar-refractivity contribution in [2.24, 2.45) is 11.8 Å². The van der Waals surface area contributed by atoms with Crippen LogP contribution >= 0.6 is 0 Å². The highest BCUT2D eigenvalue weighted by atomic mass is 19.1. The van der Waals surface area contributed by atoms with Gasteiger partial charge in [0.25, 0.3) is 5.91 Å². The number of methoxy groups -OCH3 is 1. The minimum Gasteiger partial charge on any atom is -0.497 e. The number of fused-ring (bicyclic) bond motifs is 2. The zero-order valence-corrected chi connectivity index (χ0v) is 17.3. The quantitative estimate of drug-likeness (QED) is 0.686. The number of carbonyl (C=O) groups excluding carboxylic acids is 1. The van der Waals surface area contributed by atoms with Crippen LogP contribution in [0, 0.1) is 17.7 Å². The Morgan fingerprint density at radius 3 is 2.81 bits per heavy atom. The molecule has 3 heterocycles. The number of halogens is 1. The molecule has 2 aliphatic rings. The number of aromatic nitrogens is 3. The molecule has 2 aliphatic heterocycles. The van der Waals surface area contributed by atoms with Gasteiger partial charge in [-0.3, -0.25) is 9.69 Å². The van der Waals surface area contributed by atoms with Gasteiger partial charge in [-0.1, -0.05) is 18.2 Å². The summed E-state index contributed by atoms with van der Waals surface area (Å²) in [5.41, 5.74) is 1.63. The first-order chi connectivity index (χ1) is 15.1. The number of amides is 1. The van der Waals surface area contributed by atoms with Gasteiger partial charge in [-0.2, -0.15) is 0 Å². The molecule has 7 nitrogen and oxygen atoms in total. The fourth-order valence-corrected chi connectivity index (χ4v) is 4.70. The lowest BCUT2D eigenvalue weighted by Crippen LogP contribution is -2.31. The Hall–Kier alpha value is -3.26. The maximum absolute atomic E-state index is 13.4. The van der Waals surface area contributed by atoms with Crippen molar-refractivity contribution in [3.8, 4) is 5.75 Å². The number of nitrogens with one attached hydrogen (secondary N) is 1. The lowest BCUT2D eigenvalue weighted by atomic mass is 9.89. The number of nitrogens with zero attached hydrogens (tertiary/aromatic N) is 4. The van der Waals surface area contributed by atoms with Gasteiger partial charge in [0.05, 0.1) is 7.11 Å². The van der Waals surface area contributed by atoms with E-state index in [0.29, 0.717) is 24.1 Å². The maximum atomic E-state index is 13.4. The highest BCUT2D eigenvalue weighted by Gasteiger charge is 2.39. The van der Waals surface area contributed by atoms with Crippen LogP contribution < -0.4 is 10.1 Å². The zero-order chi connectivity index (χ0) is 21.4. The normalized spacial score (nSPS) is 20.2. The van der Waals surface area contributed by atoms with Crippen LogP contribution in [-0.2, 0) is 19.5 Å². The lowest BCUT2D eigenvalue weighted by molar-refractivity contribution is 0.100.